The molecule has 0 aliphatic rings. The van der Waals surface area contributed by atoms with Gasteiger partial charge in [0.25, 0.3) is 0 Å². The van der Waals surface area contributed by atoms with Crippen molar-refractivity contribution < 1.29 is 36.6 Å². The topological polar surface area (TPSA) is 65.2 Å². The highest BCUT2D eigenvalue weighted by Gasteiger charge is 2.35. The number of benzene rings is 2. The number of hydrogen-bond donors (Lipinski definition) is 2. The predicted molar refractivity (Wildman–Crippen MR) is 91.1 cm³/mol. The molecule has 2 N–H and O–H groups in total. The highest BCUT2D eigenvalue weighted by molar-refractivity contribution is 5.85. The Bertz CT molecular complexity index is 815. The van der Waals surface area contributed by atoms with Crippen molar-refractivity contribution in [2.24, 2.45) is 9.98 Å². The number of nitrogens with zero attached hydrogens (tertiary/aromatic N) is 2. The van der Waals surface area contributed by atoms with E-state index >= 15 is 0 Å². The van der Waals surface area contributed by atoms with Crippen LogP contribution in [-0.2, 0) is 12.4 Å². The minimum atomic E-state index is -4.70. The maximum atomic E-state index is 12.7. The number of hydrogen-bond acceptors (Lipinski definition) is 4. The van der Waals surface area contributed by atoms with Crippen LogP contribution in [0.1, 0.15) is 22.3 Å². The standard InChI is InChI=1S/C18H14F6N2O2/c19-17(20,21)13-5-1-3-11(15(13)27)9-25-7-8-26-10-12-4-2-6-14(16(12)28)18(22,23)24/h1-6,9-10,27-28H,7-8H2. The average molecular weight is 404 g/mol. The fraction of sp³-hybridized carbons (Fsp3) is 0.222. The van der Waals surface area contributed by atoms with Gasteiger partial charge in [-0.15, -0.1) is 0 Å². The van der Waals surface area contributed by atoms with Gasteiger partial charge >= 0.3 is 12.4 Å². The summed E-state index contributed by atoms with van der Waals surface area (Å²) in [5.41, 5.74) is -2.63. The van der Waals surface area contributed by atoms with Crippen LogP contribution in [0.15, 0.2) is 46.4 Å². The van der Waals surface area contributed by atoms with E-state index in [2.05, 4.69) is 9.98 Å². The fourth-order valence-electron chi connectivity index (χ4n) is 2.23. The van der Waals surface area contributed by atoms with Crippen LogP contribution >= 0.6 is 0 Å². The van der Waals surface area contributed by atoms with Crippen molar-refractivity contribution in [3.8, 4) is 11.5 Å². The maximum absolute atomic E-state index is 12.7. The van der Waals surface area contributed by atoms with E-state index in [9.17, 15) is 36.6 Å². The molecule has 0 atom stereocenters. The number of para-hydroxylation sites is 2. The second kappa shape index (κ2) is 8.32. The van der Waals surface area contributed by atoms with Crippen molar-refractivity contribution in [2.75, 3.05) is 13.1 Å². The van der Waals surface area contributed by atoms with Gasteiger partial charge in [-0.2, -0.15) is 26.3 Å². The molecule has 0 saturated carbocycles. The largest absolute Gasteiger partial charge is 0.507 e. The monoisotopic (exact) mass is 404 g/mol. The molecule has 2 aromatic rings. The number of halogens is 6. The Labute approximate surface area is 155 Å². The average Bonchev–Trinajstić information content (AvgIpc) is 2.58. The van der Waals surface area contributed by atoms with E-state index in [1.165, 1.54) is 12.1 Å². The molecule has 4 nitrogen and oxygen atoms in total. The summed E-state index contributed by atoms with van der Waals surface area (Å²) < 4.78 is 76.2. The first-order valence-corrected chi connectivity index (χ1v) is 7.80. The van der Waals surface area contributed by atoms with E-state index in [1.807, 2.05) is 0 Å². The molecule has 150 valence electrons. The first-order valence-electron chi connectivity index (χ1n) is 7.80. The van der Waals surface area contributed by atoms with Crippen LogP contribution in [-0.4, -0.2) is 35.7 Å². The van der Waals surface area contributed by atoms with Gasteiger partial charge in [-0.05, 0) is 24.3 Å². The van der Waals surface area contributed by atoms with Crippen LogP contribution in [0.3, 0.4) is 0 Å². The van der Waals surface area contributed by atoms with E-state index in [-0.39, 0.29) is 24.2 Å². The highest BCUT2D eigenvalue weighted by Crippen LogP contribution is 2.37. The molecule has 0 heterocycles. The molecule has 0 bridgehead atoms. The molecule has 0 aliphatic carbocycles. The summed E-state index contributed by atoms with van der Waals surface area (Å²) >= 11 is 0. The van der Waals surface area contributed by atoms with Crippen LogP contribution in [0.2, 0.25) is 0 Å². The number of phenols is 2. The molecule has 28 heavy (non-hydrogen) atoms. The van der Waals surface area contributed by atoms with Gasteiger partial charge < -0.3 is 10.2 Å². The summed E-state index contributed by atoms with van der Waals surface area (Å²) in [7, 11) is 0. The lowest BCUT2D eigenvalue weighted by molar-refractivity contribution is -0.139. The Hall–Kier alpha value is -3.04. The number of rotatable bonds is 5. The molecule has 0 amide bonds. The maximum Gasteiger partial charge on any atom is 0.419 e. The van der Waals surface area contributed by atoms with E-state index in [0.29, 0.717) is 0 Å². The number of aliphatic imine (C=N–C) groups is 2. The van der Waals surface area contributed by atoms with E-state index in [1.54, 1.807) is 0 Å². The second-order valence-corrected chi connectivity index (χ2v) is 5.55. The molecular weight excluding hydrogens is 390 g/mol. The third kappa shape index (κ3) is 5.24. The molecule has 0 saturated heterocycles. The molecule has 2 aromatic carbocycles. The number of aromatic hydroxyl groups is 2. The summed E-state index contributed by atoms with van der Waals surface area (Å²) in [6, 6.07) is 6.21. The van der Waals surface area contributed by atoms with Crippen molar-refractivity contribution in [1.29, 1.82) is 0 Å². The first kappa shape index (κ1) is 21.3. The van der Waals surface area contributed by atoms with Gasteiger partial charge in [-0.3, -0.25) is 9.98 Å². The SMILES string of the molecule is Oc1c(C=NCCN=Cc2cccc(C(F)(F)F)c2O)cccc1C(F)(F)F. The van der Waals surface area contributed by atoms with Gasteiger partial charge in [0.2, 0.25) is 0 Å². The fourth-order valence-corrected chi connectivity index (χ4v) is 2.23. The van der Waals surface area contributed by atoms with Crippen molar-refractivity contribution in [3.63, 3.8) is 0 Å². The Morgan fingerprint density at radius 1 is 0.679 bits per heavy atom. The lowest BCUT2D eigenvalue weighted by Gasteiger charge is -2.10. The summed E-state index contributed by atoms with van der Waals surface area (Å²) in [6.07, 6.45) is -7.32. The summed E-state index contributed by atoms with van der Waals surface area (Å²) in [6.45, 7) is 0.0117. The Balaban J connectivity index is 2.01. The van der Waals surface area contributed by atoms with Gasteiger partial charge in [0.15, 0.2) is 0 Å². The minimum Gasteiger partial charge on any atom is -0.507 e. The molecular formula is C18H14F6N2O2. The van der Waals surface area contributed by atoms with Crippen LogP contribution in [0.25, 0.3) is 0 Å². The molecule has 0 fully saturated rings. The Morgan fingerprint density at radius 3 is 1.36 bits per heavy atom. The zero-order chi connectivity index (χ0) is 20.9. The van der Waals surface area contributed by atoms with Crippen LogP contribution in [0, 0.1) is 0 Å². The van der Waals surface area contributed by atoms with Gasteiger partial charge in [-0.25, -0.2) is 0 Å². The van der Waals surface area contributed by atoms with Crippen molar-refractivity contribution in [2.45, 2.75) is 12.4 Å². The third-order valence-electron chi connectivity index (χ3n) is 3.56. The Morgan fingerprint density at radius 2 is 1.04 bits per heavy atom. The predicted octanol–water partition coefficient (Wildman–Crippen LogP) is 4.67. The van der Waals surface area contributed by atoms with Gasteiger partial charge in [0.1, 0.15) is 11.5 Å². The Kier molecular flexibility index (Phi) is 6.32. The summed E-state index contributed by atoms with van der Waals surface area (Å²) in [5, 5.41) is 19.3. The van der Waals surface area contributed by atoms with Crippen molar-refractivity contribution >= 4 is 12.4 Å². The van der Waals surface area contributed by atoms with Crippen molar-refractivity contribution in [1.82, 2.24) is 0 Å². The quantitative estimate of drug-likeness (QED) is 0.432. The van der Waals surface area contributed by atoms with Crippen molar-refractivity contribution in [3.05, 3.63) is 58.7 Å². The zero-order valence-corrected chi connectivity index (χ0v) is 14.1. The molecule has 0 unspecified atom stereocenters. The van der Waals surface area contributed by atoms with E-state index < -0.39 is 35.0 Å². The van der Waals surface area contributed by atoms with Crippen LogP contribution in [0.4, 0.5) is 26.3 Å². The zero-order valence-electron chi connectivity index (χ0n) is 14.1. The highest BCUT2D eigenvalue weighted by atomic mass is 19.4. The first-order chi connectivity index (χ1) is 13.0. The minimum absolute atomic E-state index is 0.00586. The van der Waals surface area contributed by atoms with E-state index in [4.69, 9.17) is 0 Å². The lowest BCUT2D eigenvalue weighted by Crippen LogP contribution is -2.06. The smallest absolute Gasteiger partial charge is 0.419 e. The normalized spacial score (nSPS) is 12.9. The van der Waals surface area contributed by atoms with Gasteiger partial charge in [0.05, 0.1) is 24.2 Å². The van der Waals surface area contributed by atoms with Gasteiger partial charge in [-0.1, -0.05) is 12.1 Å². The van der Waals surface area contributed by atoms with Crippen LogP contribution in [0.5, 0.6) is 11.5 Å². The summed E-state index contributed by atoms with van der Waals surface area (Å²) in [5.74, 6) is -1.90. The van der Waals surface area contributed by atoms with Gasteiger partial charge in [0, 0.05) is 23.6 Å². The molecule has 0 aromatic heterocycles. The van der Waals surface area contributed by atoms with E-state index in [0.717, 1.165) is 36.7 Å². The molecule has 2 rings (SSSR count). The third-order valence-corrected chi connectivity index (χ3v) is 3.56. The number of phenolic OH excluding ortho intramolecular Hbond substituents is 2. The van der Waals surface area contributed by atoms with Crippen LogP contribution < -0.4 is 0 Å². The molecule has 0 spiro atoms. The molecule has 0 aliphatic heterocycles. The summed E-state index contributed by atoms with van der Waals surface area (Å²) in [4.78, 5) is 7.65. The number of alkyl halides is 6. The molecule has 0 radical (unpaired) electrons. The molecule has 10 heteroatoms. The lowest BCUT2D eigenvalue weighted by atomic mass is 10.1. The second-order valence-electron chi connectivity index (χ2n) is 5.55.